The Morgan fingerprint density at radius 2 is 2.24 bits per heavy atom. The van der Waals surface area contributed by atoms with Crippen LogP contribution in [0.25, 0.3) is 0 Å². The Bertz CT molecular complexity index is 498. The molecular formula is C13H19N3O3S2. The summed E-state index contributed by atoms with van der Waals surface area (Å²) >= 11 is 6.77. The lowest BCUT2D eigenvalue weighted by atomic mass is 10.2. The summed E-state index contributed by atoms with van der Waals surface area (Å²) in [5, 5.41) is 5.26. The average molecular weight is 329 g/mol. The van der Waals surface area contributed by atoms with Crippen LogP contribution < -0.4 is 21.1 Å². The van der Waals surface area contributed by atoms with E-state index >= 15 is 0 Å². The van der Waals surface area contributed by atoms with Gasteiger partial charge in [0.25, 0.3) is 0 Å². The first kappa shape index (κ1) is 17.4. The van der Waals surface area contributed by atoms with Gasteiger partial charge >= 0.3 is 6.09 Å². The summed E-state index contributed by atoms with van der Waals surface area (Å²) in [4.78, 5) is 11.0. The van der Waals surface area contributed by atoms with Crippen molar-refractivity contribution >= 4 is 46.6 Å². The van der Waals surface area contributed by atoms with Gasteiger partial charge in [0.05, 0.1) is 25.1 Å². The van der Waals surface area contributed by atoms with Crippen molar-refractivity contribution in [3.05, 3.63) is 18.2 Å². The van der Waals surface area contributed by atoms with Gasteiger partial charge < -0.3 is 20.5 Å². The molecule has 0 saturated carbocycles. The zero-order valence-corrected chi connectivity index (χ0v) is 13.6. The Kier molecular flexibility index (Phi) is 7.70. The Labute approximate surface area is 133 Å². The summed E-state index contributed by atoms with van der Waals surface area (Å²) in [5.74, 6) is 2.70. The Balaban J connectivity index is 2.53. The third-order valence-electron chi connectivity index (χ3n) is 2.37. The fraction of sp³-hybridized carbons (Fsp3) is 0.385. The highest BCUT2D eigenvalue weighted by atomic mass is 32.2. The standard InChI is InChI=1S/C13H19N3O3S2/c1-3-21-7-6-19-9-4-5-11(10(14)8-9)15-12(20)16-13(17)18-2/h4-5,8H,3,6-7,14H2,1-2H3,(H2,15,16,17,20). The molecule has 1 rings (SSSR count). The number of hydrogen-bond donors (Lipinski definition) is 3. The second-order valence-corrected chi connectivity index (χ2v) is 5.67. The molecule has 21 heavy (non-hydrogen) atoms. The van der Waals surface area contributed by atoms with Crippen molar-refractivity contribution in [3.63, 3.8) is 0 Å². The van der Waals surface area contributed by atoms with Crippen LogP contribution in [-0.2, 0) is 4.74 Å². The first-order valence-electron chi connectivity index (χ1n) is 6.32. The van der Waals surface area contributed by atoms with Crippen molar-refractivity contribution in [2.45, 2.75) is 6.92 Å². The number of methoxy groups -OCH3 is 1. The maximum atomic E-state index is 11.0. The fourth-order valence-corrected chi connectivity index (χ4v) is 2.09. The topological polar surface area (TPSA) is 85.6 Å². The number of carbonyl (C=O) groups excluding carboxylic acids is 1. The second-order valence-electron chi connectivity index (χ2n) is 3.87. The summed E-state index contributed by atoms with van der Waals surface area (Å²) in [6.07, 6.45) is -0.639. The van der Waals surface area contributed by atoms with Crippen LogP contribution in [0.2, 0.25) is 0 Å². The number of anilines is 2. The highest BCUT2D eigenvalue weighted by Gasteiger charge is 2.07. The molecule has 0 spiro atoms. The molecule has 0 aliphatic rings. The summed E-state index contributed by atoms with van der Waals surface area (Å²) in [5.41, 5.74) is 6.98. The number of thioether (sulfide) groups is 1. The van der Waals surface area contributed by atoms with E-state index in [1.54, 1.807) is 18.2 Å². The number of nitrogen functional groups attached to an aromatic ring is 1. The highest BCUT2D eigenvalue weighted by Crippen LogP contribution is 2.24. The molecule has 0 fully saturated rings. The average Bonchev–Trinajstić information content (AvgIpc) is 2.46. The number of rotatable bonds is 6. The van der Waals surface area contributed by atoms with Gasteiger partial charge in [0.15, 0.2) is 5.11 Å². The Morgan fingerprint density at radius 3 is 2.86 bits per heavy atom. The minimum Gasteiger partial charge on any atom is -0.493 e. The second kappa shape index (κ2) is 9.30. The number of benzene rings is 1. The van der Waals surface area contributed by atoms with E-state index in [-0.39, 0.29) is 5.11 Å². The number of carbonyl (C=O) groups is 1. The molecule has 1 amide bonds. The lowest BCUT2D eigenvalue weighted by Gasteiger charge is -2.12. The molecular weight excluding hydrogens is 310 g/mol. The molecule has 1 aromatic carbocycles. The lowest BCUT2D eigenvalue weighted by molar-refractivity contribution is 0.177. The number of nitrogens with one attached hydrogen (secondary N) is 2. The van der Waals surface area contributed by atoms with Crippen LogP contribution in [0.3, 0.4) is 0 Å². The van der Waals surface area contributed by atoms with Gasteiger partial charge in [-0.1, -0.05) is 6.92 Å². The van der Waals surface area contributed by atoms with Crippen molar-refractivity contribution < 1.29 is 14.3 Å². The molecule has 0 saturated heterocycles. The molecule has 1 aromatic rings. The van der Waals surface area contributed by atoms with Gasteiger partial charge in [0, 0.05) is 11.8 Å². The van der Waals surface area contributed by atoms with Gasteiger partial charge in [0.1, 0.15) is 5.75 Å². The van der Waals surface area contributed by atoms with E-state index in [0.717, 1.165) is 11.5 Å². The number of alkyl carbamates (subject to hydrolysis) is 1. The molecule has 0 unspecified atom stereocenters. The van der Waals surface area contributed by atoms with E-state index in [1.807, 2.05) is 11.8 Å². The molecule has 0 radical (unpaired) electrons. The maximum Gasteiger partial charge on any atom is 0.413 e. The summed E-state index contributed by atoms with van der Waals surface area (Å²) < 4.78 is 10.0. The Morgan fingerprint density at radius 1 is 1.48 bits per heavy atom. The van der Waals surface area contributed by atoms with Gasteiger partial charge in [-0.3, -0.25) is 5.32 Å². The van der Waals surface area contributed by atoms with Gasteiger partial charge in [-0.05, 0) is 30.1 Å². The van der Waals surface area contributed by atoms with Gasteiger partial charge in [-0.25, -0.2) is 4.79 Å². The van der Waals surface area contributed by atoms with Crippen LogP contribution in [-0.4, -0.2) is 36.4 Å². The smallest absolute Gasteiger partial charge is 0.413 e. The van der Waals surface area contributed by atoms with Crippen LogP contribution in [0.15, 0.2) is 18.2 Å². The van der Waals surface area contributed by atoms with Crippen molar-refractivity contribution in [3.8, 4) is 5.75 Å². The number of ether oxygens (including phenoxy) is 2. The van der Waals surface area contributed by atoms with E-state index in [2.05, 4.69) is 22.3 Å². The van der Waals surface area contributed by atoms with Crippen molar-refractivity contribution in [2.75, 3.05) is 36.3 Å². The maximum absolute atomic E-state index is 11.0. The largest absolute Gasteiger partial charge is 0.493 e. The number of hydrogen-bond acceptors (Lipinski definition) is 6. The first-order valence-corrected chi connectivity index (χ1v) is 7.89. The van der Waals surface area contributed by atoms with E-state index in [1.165, 1.54) is 7.11 Å². The predicted molar refractivity (Wildman–Crippen MR) is 91.1 cm³/mol. The van der Waals surface area contributed by atoms with Crippen LogP contribution in [0.5, 0.6) is 5.75 Å². The van der Waals surface area contributed by atoms with Crippen molar-refractivity contribution in [1.29, 1.82) is 0 Å². The Hall–Kier alpha value is -1.67. The van der Waals surface area contributed by atoms with Crippen LogP contribution in [0.4, 0.5) is 16.2 Å². The van der Waals surface area contributed by atoms with Gasteiger partial charge in [0.2, 0.25) is 0 Å². The van der Waals surface area contributed by atoms with Crippen molar-refractivity contribution in [2.24, 2.45) is 0 Å². The SMILES string of the molecule is CCSCCOc1ccc(NC(=S)NC(=O)OC)c(N)c1. The van der Waals surface area contributed by atoms with E-state index in [4.69, 9.17) is 22.7 Å². The van der Waals surface area contributed by atoms with Gasteiger partial charge in [-0.15, -0.1) is 0 Å². The molecule has 0 aliphatic heterocycles. The highest BCUT2D eigenvalue weighted by molar-refractivity contribution is 7.99. The summed E-state index contributed by atoms with van der Waals surface area (Å²) in [7, 11) is 1.26. The molecule has 8 heteroatoms. The van der Waals surface area contributed by atoms with E-state index in [0.29, 0.717) is 23.7 Å². The van der Waals surface area contributed by atoms with Gasteiger partial charge in [-0.2, -0.15) is 11.8 Å². The third kappa shape index (κ3) is 6.54. The molecule has 0 atom stereocenters. The molecule has 6 nitrogen and oxygen atoms in total. The molecule has 0 bridgehead atoms. The third-order valence-corrected chi connectivity index (χ3v) is 3.44. The summed E-state index contributed by atoms with van der Waals surface area (Å²) in [6, 6.07) is 5.23. The monoisotopic (exact) mass is 329 g/mol. The van der Waals surface area contributed by atoms with Crippen LogP contribution >= 0.6 is 24.0 Å². The molecule has 116 valence electrons. The normalized spacial score (nSPS) is 9.81. The molecule has 4 N–H and O–H groups in total. The quantitative estimate of drug-likeness (QED) is 0.420. The minimum atomic E-state index is -0.639. The number of thiocarbonyl (C=S) groups is 1. The zero-order valence-electron chi connectivity index (χ0n) is 12.0. The molecule has 0 aliphatic carbocycles. The molecule has 0 heterocycles. The van der Waals surface area contributed by atoms with Crippen LogP contribution in [0, 0.1) is 0 Å². The number of amides is 1. The first-order chi connectivity index (χ1) is 10.1. The van der Waals surface area contributed by atoms with Crippen molar-refractivity contribution in [1.82, 2.24) is 5.32 Å². The molecule has 0 aromatic heterocycles. The number of nitrogens with two attached hydrogens (primary N) is 1. The zero-order chi connectivity index (χ0) is 15.7. The van der Waals surface area contributed by atoms with E-state index < -0.39 is 6.09 Å². The summed E-state index contributed by atoms with van der Waals surface area (Å²) in [6.45, 7) is 2.74. The minimum absolute atomic E-state index is 0.113. The lowest BCUT2D eigenvalue weighted by Crippen LogP contribution is -2.34. The predicted octanol–water partition coefficient (Wildman–Crippen LogP) is 2.45. The van der Waals surface area contributed by atoms with Crippen LogP contribution in [0.1, 0.15) is 6.92 Å². The van der Waals surface area contributed by atoms with E-state index in [9.17, 15) is 4.79 Å². The fourth-order valence-electron chi connectivity index (χ4n) is 1.40.